The number of hydrogen-bond donors (Lipinski definition) is 3. The van der Waals surface area contributed by atoms with Crippen LogP contribution in [-0.4, -0.2) is 58.4 Å². The number of thiol groups is 1. The van der Waals surface area contributed by atoms with Crippen LogP contribution < -0.4 is 11.2 Å². The molecule has 0 radical (unpaired) electrons. The molecular formula is C14H20N2O7S. The topological polar surface area (TPSA) is 112 Å². The van der Waals surface area contributed by atoms with Gasteiger partial charge in [-0.3, -0.25) is 14.3 Å². The molecule has 9 nitrogen and oxygen atoms in total. The summed E-state index contributed by atoms with van der Waals surface area (Å²) in [7, 11) is 0. The third-order valence-corrected chi connectivity index (χ3v) is 4.39. The Labute approximate surface area is 142 Å². The van der Waals surface area contributed by atoms with Crippen molar-refractivity contribution in [1.29, 1.82) is 0 Å². The van der Waals surface area contributed by atoms with Crippen LogP contribution in [0.3, 0.4) is 0 Å². The molecule has 1 aromatic heterocycles. The van der Waals surface area contributed by atoms with Crippen LogP contribution in [0.4, 0.5) is 0 Å². The summed E-state index contributed by atoms with van der Waals surface area (Å²) in [6, 6.07) is 0. The summed E-state index contributed by atoms with van der Waals surface area (Å²) in [5.74, 6) is 0.527. The number of ether oxygens (including phenoxy) is 4. The van der Waals surface area contributed by atoms with E-state index in [0.717, 1.165) is 0 Å². The van der Waals surface area contributed by atoms with Gasteiger partial charge in [0.15, 0.2) is 0 Å². The second kappa shape index (κ2) is 7.38. The third kappa shape index (κ3) is 3.73. The van der Waals surface area contributed by atoms with E-state index in [1.165, 1.54) is 10.8 Å². The van der Waals surface area contributed by atoms with E-state index in [2.05, 4.69) is 17.6 Å². The summed E-state index contributed by atoms with van der Waals surface area (Å²) in [5, 5.41) is 10.1. The van der Waals surface area contributed by atoms with E-state index in [-0.39, 0.29) is 19.1 Å². The Balaban J connectivity index is 1.60. The van der Waals surface area contributed by atoms with Gasteiger partial charge >= 0.3 is 5.69 Å². The van der Waals surface area contributed by atoms with Crippen LogP contribution >= 0.6 is 12.6 Å². The van der Waals surface area contributed by atoms with Crippen molar-refractivity contribution < 1.29 is 24.1 Å². The van der Waals surface area contributed by atoms with Crippen molar-refractivity contribution in [1.82, 2.24) is 9.55 Å². The van der Waals surface area contributed by atoms with Crippen LogP contribution in [0.5, 0.6) is 0 Å². The number of rotatable bonds is 5. The van der Waals surface area contributed by atoms with Gasteiger partial charge < -0.3 is 24.1 Å². The second-order valence-electron chi connectivity index (χ2n) is 5.81. The van der Waals surface area contributed by atoms with Gasteiger partial charge in [0.1, 0.15) is 12.3 Å². The van der Waals surface area contributed by atoms with Crippen molar-refractivity contribution in [3.63, 3.8) is 0 Å². The minimum atomic E-state index is -0.810. The van der Waals surface area contributed by atoms with Gasteiger partial charge in [0, 0.05) is 23.9 Å². The number of aromatic nitrogens is 2. The van der Waals surface area contributed by atoms with Gasteiger partial charge in [-0.2, -0.15) is 12.6 Å². The molecule has 24 heavy (non-hydrogen) atoms. The SMILES string of the molecule is Cc1cn([C@H]2CC(O)[C@@H](COC3OCC(CS)O3)O2)c(=O)[nH]c1=O. The Hall–Kier alpha value is -1.17. The smallest absolute Gasteiger partial charge is 0.330 e. The average molecular weight is 360 g/mol. The van der Waals surface area contributed by atoms with Crippen LogP contribution in [0.1, 0.15) is 18.2 Å². The highest BCUT2D eigenvalue weighted by molar-refractivity contribution is 7.80. The number of H-pyrrole nitrogens is 1. The molecule has 134 valence electrons. The van der Waals surface area contributed by atoms with E-state index in [0.29, 0.717) is 17.9 Å². The summed E-state index contributed by atoms with van der Waals surface area (Å²) >= 11 is 4.12. The van der Waals surface area contributed by atoms with E-state index in [1.807, 2.05) is 0 Å². The molecule has 3 rings (SSSR count). The lowest BCUT2D eigenvalue weighted by Gasteiger charge is -2.18. The number of aromatic amines is 1. The minimum absolute atomic E-state index is 0.0543. The van der Waals surface area contributed by atoms with Crippen molar-refractivity contribution in [2.24, 2.45) is 0 Å². The molecule has 0 aromatic carbocycles. The Morgan fingerprint density at radius 3 is 2.96 bits per heavy atom. The van der Waals surface area contributed by atoms with Gasteiger partial charge in [0.2, 0.25) is 0 Å². The highest BCUT2D eigenvalue weighted by Gasteiger charge is 2.37. The monoisotopic (exact) mass is 360 g/mol. The van der Waals surface area contributed by atoms with Crippen molar-refractivity contribution >= 4 is 12.6 Å². The molecular weight excluding hydrogens is 340 g/mol. The van der Waals surface area contributed by atoms with Crippen LogP contribution in [0.15, 0.2) is 15.8 Å². The zero-order valence-electron chi connectivity index (χ0n) is 13.1. The van der Waals surface area contributed by atoms with Gasteiger partial charge in [-0.05, 0) is 6.92 Å². The maximum absolute atomic E-state index is 11.9. The number of aliphatic hydroxyl groups is 1. The van der Waals surface area contributed by atoms with Gasteiger partial charge in [-0.25, -0.2) is 4.79 Å². The van der Waals surface area contributed by atoms with E-state index in [1.54, 1.807) is 6.92 Å². The highest BCUT2D eigenvalue weighted by Crippen LogP contribution is 2.28. The Morgan fingerprint density at radius 1 is 1.46 bits per heavy atom. The van der Waals surface area contributed by atoms with Gasteiger partial charge in [0.25, 0.3) is 12.0 Å². The predicted octanol–water partition coefficient (Wildman–Crippen LogP) is -0.861. The first-order valence-corrected chi connectivity index (χ1v) is 8.26. The molecule has 0 bridgehead atoms. The third-order valence-electron chi connectivity index (χ3n) is 3.98. The quantitative estimate of drug-likeness (QED) is 0.586. The summed E-state index contributed by atoms with van der Waals surface area (Å²) < 4.78 is 23.1. The number of nitrogens with zero attached hydrogens (tertiary/aromatic N) is 1. The number of nitrogens with one attached hydrogen (secondary N) is 1. The number of hydrogen-bond acceptors (Lipinski definition) is 8. The van der Waals surface area contributed by atoms with Crippen LogP contribution in [0.2, 0.25) is 0 Å². The molecule has 1 aromatic rings. The lowest BCUT2D eigenvalue weighted by atomic mass is 10.2. The fourth-order valence-corrected chi connectivity index (χ4v) is 2.81. The summed E-state index contributed by atoms with van der Waals surface area (Å²) in [4.78, 5) is 25.5. The molecule has 2 saturated heterocycles. The zero-order valence-corrected chi connectivity index (χ0v) is 14.0. The van der Waals surface area contributed by atoms with E-state index >= 15 is 0 Å². The number of aliphatic hydroxyl groups excluding tert-OH is 1. The first kappa shape index (κ1) is 17.6. The fourth-order valence-electron chi connectivity index (χ4n) is 2.61. The lowest BCUT2D eigenvalue weighted by molar-refractivity contribution is -0.249. The first-order chi connectivity index (χ1) is 11.5. The average Bonchev–Trinajstić information content (AvgIpc) is 3.15. The van der Waals surface area contributed by atoms with Crippen molar-refractivity contribution in [2.75, 3.05) is 19.0 Å². The minimum Gasteiger partial charge on any atom is -0.390 e. The number of aryl methyl sites for hydroxylation is 1. The standard InChI is InChI=1S/C14H20N2O7S/c1-7-3-16(13(19)15-12(7)18)11-2-9(17)10(23-11)5-21-14-20-4-8(6-24)22-14/h3,8-11,14,17,24H,2,4-6H2,1H3,(H,15,18,19)/t8?,9?,10-,11-,14?/m1/s1. The lowest BCUT2D eigenvalue weighted by Crippen LogP contribution is -2.33. The van der Waals surface area contributed by atoms with Crippen molar-refractivity contribution in [2.45, 2.75) is 44.4 Å². The largest absolute Gasteiger partial charge is 0.390 e. The van der Waals surface area contributed by atoms with E-state index in [9.17, 15) is 14.7 Å². The molecule has 0 amide bonds. The predicted molar refractivity (Wildman–Crippen MR) is 85.0 cm³/mol. The molecule has 2 aliphatic heterocycles. The van der Waals surface area contributed by atoms with Crippen LogP contribution in [0, 0.1) is 6.92 Å². The Morgan fingerprint density at radius 2 is 2.25 bits per heavy atom. The van der Waals surface area contributed by atoms with Gasteiger partial charge in [0.05, 0.1) is 25.4 Å². The van der Waals surface area contributed by atoms with Crippen molar-refractivity contribution in [3.8, 4) is 0 Å². The Bertz CT molecular complexity index is 690. The molecule has 3 unspecified atom stereocenters. The second-order valence-corrected chi connectivity index (χ2v) is 6.17. The first-order valence-electron chi connectivity index (χ1n) is 7.63. The highest BCUT2D eigenvalue weighted by atomic mass is 32.1. The van der Waals surface area contributed by atoms with E-state index < -0.39 is 36.2 Å². The molecule has 3 heterocycles. The molecule has 0 spiro atoms. The van der Waals surface area contributed by atoms with E-state index in [4.69, 9.17) is 18.9 Å². The van der Waals surface area contributed by atoms with Crippen LogP contribution in [0.25, 0.3) is 0 Å². The zero-order chi connectivity index (χ0) is 17.3. The summed E-state index contributed by atoms with van der Waals surface area (Å²) in [5.41, 5.74) is -0.634. The molecule has 0 aliphatic carbocycles. The van der Waals surface area contributed by atoms with Crippen LogP contribution in [-0.2, 0) is 18.9 Å². The molecule has 2 N–H and O–H groups in total. The van der Waals surface area contributed by atoms with Gasteiger partial charge in [-0.15, -0.1) is 0 Å². The Kier molecular flexibility index (Phi) is 5.42. The maximum Gasteiger partial charge on any atom is 0.330 e. The van der Waals surface area contributed by atoms with Crippen molar-refractivity contribution in [3.05, 3.63) is 32.6 Å². The fraction of sp³-hybridized carbons (Fsp3) is 0.714. The summed E-state index contributed by atoms with van der Waals surface area (Å²) in [6.45, 7) is 1.23. The van der Waals surface area contributed by atoms with Gasteiger partial charge in [-0.1, -0.05) is 0 Å². The molecule has 2 fully saturated rings. The normalized spacial score (nSPS) is 33.2. The maximum atomic E-state index is 11.9. The molecule has 2 aliphatic rings. The summed E-state index contributed by atoms with van der Waals surface area (Å²) in [6.07, 6.45) is -0.601. The molecule has 5 atom stereocenters. The molecule has 10 heteroatoms. The molecule has 0 saturated carbocycles.